The third kappa shape index (κ3) is 4.66. The molecule has 0 saturated carbocycles. The lowest BCUT2D eigenvalue weighted by molar-refractivity contribution is -0.117. The van der Waals surface area contributed by atoms with E-state index in [0.717, 1.165) is 12.0 Å². The van der Waals surface area contributed by atoms with Crippen molar-refractivity contribution in [1.29, 1.82) is 0 Å². The van der Waals surface area contributed by atoms with Gasteiger partial charge in [0.2, 0.25) is 5.91 Å². The predicted molar refractivity (Wildman–Crippen MR) is 62.8 cm³/mol. The molecule has 0 unspecified atom stereocenters. The number of benzene rings is 1. The van der Waals surface area contributed by atoms with Gasteiger partial charge in [0, 0.05) is 6.20 Å². The summed E-state index contributed by atoms with van der Waals surface area (Å²) in [4.78, 5) is 10.9. The van der Waals surface area contributed by atoms with Gasteiger partial charge in [0.15, 0.2) is 0 Å². The Morgan fingerprint density at radius 2 is 2.07 bits per heavy atom. The molecule has 0 aliphatic heterocycles. The van der Waals surface area contributed by atoms with Crippen molar-refractivity contribution < 1.29 is 4.79 Å². The summed E-state index contributed by atoms with van der Waals surface area (Å²) in [5.41, 5.74) is 2.33. The normalized spacial score (nSPS) is 11.2. The predicted octanol–water partition coefficient (Wildman–Crippen LogP) is 2.49. The van der Waals surface area contributed by atoms with Crippen molar-refractivity contribution in [2.75, 3.05) is 5.88 Å². The molecule has 0 spiro atoms. The molecule has 1 aromatic carbocycles. The maximum Gasteiger partial charge on any atom is 0.238 e. The average molecular weight is 224 g/mol. The van der Waals surface area contributed by atoms with Crippen LogP contribution in [-0.4, -0.2) is 11.8 Å². The SMILES string of the molecule is C/C(=C\NC(=O)CCl)Cc1ccccc1. The van der Waals surface area contributed by atoms with Crippen LogP contribution in [0.5, 0.6) is 0 Å². The van der Waals surface area contributed by atoms with Crippen LogP contribution >= 0.6 is 11.6 Å². The summed E-state index contributed by atoms with van der Waals surface area (Å²) in [7, 11) is 0. The lowest BCUT2D eigenvalue weighted by atomic mass is 10.1. The molecule has 0 aliphatic carbocycles. The summed E-state index contributed by atoms with van der Waals surface area (Å²) >= 11 is 5.35. The number of amides is 1. The van der Waals surface area contributed by atoms with Crippen molar-refractivity contribution in [2.45, 2.75) is 13.3 Å². The van der Waals surface area contributed by atoms with Gasteiger partial charge < -0.3 is 5.32 Å². The molecule has 3 heteroatoms. The standard InChI is InChI=1S/C12H14ClNO/c1-10(9-14-12(15)8-13)7-11-5-3-2-4-6-11/h2-6,9H,7-8H2,1H3,(H,14,15)/b10-9+. The fourth-order valence-electron chi connectivity index (χ4n) is 1.21. The molecule has 1 amide bonds. The van der Waals surface area contributed by atoms with E-state index in [1.165, 1.54) is 5.56 Å². The fraction of sp³-hybridized carbons (Fsp3) is 0.250. The van der Waals surface area contributed by atoms with E-state index in [9.17, 15) is 4.79 Å². The summed E-state index contributed by atoms with van der Waals surface area (Å²) in [6.45, 7) is 1.97. The lowest BCUT2D eigenvalue weighted by Crippen LogP contribution is -2.18. The Bertz CT molecular complexity index is 346. The van der Waals surface area contributed by atoms with Gasteiger partial charge in [0.05, 0.1) is 0 Å². The van der Waals surface area contributed by atoms with Gasteiger partial charge in [0.25, 0.3) is 0 Å². The van der Waals surface area contributed by atoms with Crippen LogP contribution in [0.15, 0.2) is 42.1 Å². The van der Waals surface area contributed by atoms with Gasteiger partial charge in [-0.05, 0) is 18.9 Å². The second-order valence-corrected chi connectivity index (χ2v) is 3.62. The first kappa shape index (κ1) is 11.8. The molecule has 0 aromatic heterocycles. The van der Waals surface area contributed by atoms with E-state index in [1.54, 1.807) is 6.20 Å². The Morgan fingerprint density at radius 3 is 2.67 bits per heavy atom. The molecular weight excluding hydrogens is 210 g/mol. The maximum absolute atomic E-state index is 10.9. The van der Waals surface area contributed by atoms with Crippen molar-refractivity contribution in [3.8, 4) is 0 Å². The van der Waals surface area contributed by atoms with Crippen LogP contribution in [0.4, 0.5) is 0 Å². The van der Waals surface area contributed by atoms with Crippen LogP contribution < -0.4 is 5.32 Å². The van der Waals surface area contributed by atoms with Gasteiger partial charge in [-0.15, -0.1) is 11.6 Å². The highest BCUT2D eigenvalue weighted by Crippen LogP contribution is 2.05. The van der Waals surface area contributed by atoms with E-state index in [2.05, 4.69) is 17.4 Å². The summed E-state index contributed by atoms with van der Waals surface area (Å²) in [5.74, 6) is -0.182. The number of rotatable bonds is 4. The van der Waals surface area contributed by atoms with Crippen molar-refractivity contribution in [2.24, 2.45) is 0 Å². The molecule has 0 bridgehead atoms. The zero-order valence-corrected chi connectivity index (χ0v) is 9.42. The van der Waals surface area contributed by atoms with Gasteiger partial charge >= 0.3 is 0 Å². The molecule has 0 fully saturated rings. The molecule has 1 N–H and O–H groups in total. The fourth-order valence-corrected chi connectivity index (χ4v) is 1.29. The third-order valence-corrected chi connectivity index (χ3v) is 2.17. The minimum absolute atomic E-state index is 0.00484. The minimum atomic E-state index is -0.177. The molecule has 0 radical (unpaired) electrons. The Hall–Kier alpha value is -1.28. The number of nitrogens with one attached hydrogen (secondary N) is 1. The molecule has 1 aromatic rings. The number of carbonyl (C=O) groups excluding carboxylic acids is 1. The van der Waals surface area contributed by atoms with E-state index in [4.69, 9.17) is 11.6 Å². The molecule has 0 atom stereocenters. The number of carbonyl (C=O) groups is 1. The van der Waals surface area contributed by atoms with Crippen LogP contribution in [0.25, 0.3) is 0 Å². The summed E-state index contributed by atoms with van der Waals surface area (Å²) < 4.78 is 0. The monoisotopic (exact) mass is 223 g/mol. The largest absolute Gasteiger partial charge is 0.332 e. The Kier molecular flexibility index (Phi) is 4.91. The van der Waals surface area contributed by atoms with E-state index in [-0.39, 0.29) is 11.8 Å². The van der Waals surface area contributed by atoms with Crippen LogP contribution in [0.3, 0.4) is 0 Å². The average Bonchev–Trinajstić information content (AvgIpc) is 2.27. The second-order valence-electron chi connectivity index (χ2n) is 3.35. The number of hydrogen-bond donors (Lipinski definition) is 1. The van der Waals surface area contributed by atoms with Crippen molar-refractivity contribution in [1.82, 2.24) is 5.32 Å². The zero-order valence-electron chi connectivity index (χ0n) is 8.66. The number of alkyl halides is 1. The van der Waals surface area contributed by atoms with Gasteiger partial charge in [-0.1, -0.05) is 35.9 Å². The van der Waals surface area contributed by atoms with Gasteiger partial charge in [-0.2, -0.15) is 0 Å². The summed E-state index contributed by atoms with van der Waals surface area (Å²) in [5, 5.41) is 2.62. The molecule has 2 nitrogen and oxygen atoms in total. The first-order chi connectivity index (χ1) is 7.22. The summed E-state index contributed by atoms with van der Waals surface area (Å²) in [6, 6.07) is 10.1. The Labute approximate surface area is 94.9 Å². The quantitative estimate of drug-likeness (QED) is 0.781. The number of halogens is 1. The van der Waals surface area contributed by atoms with Crippen molar-refractivity contribution >= 4 is 17.5 Å². The van der Waals surface area contributed by atoms with Crippen LogP contribution in [0.1, 0.15) is 12.5 Å². The van der Waals surface area contributed by atoms with Crippen LogP contribution in [0.2, 0.25) is 0 Å². The maximum atomic E-state index is 10.9. The van der Waals surface area contributed by atoms with E-state index >= 15 is 0 Å². The zero-order chi connectivity index (χ0) is 11.1. The first-order valence-corrected chi connectivity index (χ1v) is 5.30. The molecule has 0 heterocycles. The number of allylic oxidation sites excluding steroid dienone is 1. The van der Waals surface area contributed by atoms with Gasteiger partial charge in [-0.3, -0.25) is 4.79 Å². The molecule has 0 aliphatic rings. The highest BCUT2D eigenvalue weighted by atomic mass is 35.5. The Balaban J connectivity index is 2.48. The number of hydrogen-bond acceptors (Lipinski definition) is 1. The minimum Gasteiger partial charge on any atom is -0.332 e. The molecule has 80 valence electrons. The van der Waals surface area contributed by atoms with E-state index < -0.39 is 0 Å². The highest BCUT2D eigenvalue weighted by Gasteiger charge is 1.96. The summed E-state index contributed by atoms with van der Waals surface area (Å²) in [6.07, 6.45) is 2.54. The second kappa shape index (κ2) is 6.25. The van der Waals surface area contributed by atoms with Crippen LogP contribution in [0, 0.1) is 0 Å². The molecule has 1 rings (SSSR count). The lowest BCUT2D eigenvalue weighted by Gasteiger charge is -2.02. The van der Waals surface area contributed by atoms with Crippen molar-refractivity contribution in [3.63, 3.8) is 0 Å². The topological polar surface area (TPSA) is 29.1 Å². The highest BCUT2D eigenvalue weighted by molar-refractivity contribution is 6.27. The van der Waals surface area contributed by atoms with Crippen LogP contribution in [-0.2, 0) is 11.2 Å². The third-order valence-electron chi connectivity index (χ3n) is 1.93. The Morgan fingerprint density at radius 1 is 1.40 bits per heavy atom. The molecule has 15 heavy (non-hydrogen) atoms. The van der Waals surface area contributed by atoms with E-state index in [0.29, 0.717) is 0 Å². The van der Waals surface area contributed by atoms with E-state index in [1.807, 2.05) is 25.1 Å². The first-order valence-electron chi connectivity index (χ1n) is 4.77. The molecule has 0 saturated heterocycles. The smallest absolute Gasteiger partial charge is 0.238 e. The van der Waals surface area contributed by atoms with Gasteiger partial charge in [0.1, 0.15) is 5.88 Å². The van der Waals surface area contributed by atoms with Gasteiger partial charge in [-0.25, -0.2) is 0 Å². The van der Waals surface area contributed by atoms with Crippen molar-refractivity contribution in [3.05, 3.63) is 47.7 Å². The molecular formula is C12H14ClNO.